The number of urea groups is 1. The van der Waals surface area contributed by atoms with E-state index in [1.807, 2.05) is 6.07 Å². The molecule has 1 aliphatic rings. The van der Waals surface area contributed by atoms with Gasteiger partial charge >= 0.3 is 6.03 Å². The van der Waals surface area contributed by atoms with Gasteiger partial charge in [-0.15, -0.1) is 0 Å². The van der Waals surface area contributed by atoms with Gasteiger partial charge in [-0.25, -0.2) is 18.5 Å². The number of amides is 3. The van der Waals surface area contributed by atoms with Gasteiger partial charge < -0.3 is 4.90 Å². The predicted molar refractivity (Wildman–Crippen MR) is 116 cm³/mol. The Labute approximate surface area is 184 Å². The van der Waals surface area contributed by atoms with E-state index in [2.05, 4.69) is 16.8 Å². The summed E-state index contributed by atoms with van der Waals surface area (Å²) in [5, 5.41) is 0. The maximum absolute atomic E-state index is 14.9. The Morgan fingerprint density at radius 2 is 1.53 bits per heavy atom. The topological polar surface area (TPSA) is 53.5 Å². The Hall–Kier alpha value is -4.05. The van der Waals surface area contributed by atoms with Crippen LogP contribution in [0.4, 0.5) is 19.3 Å². The number of aromatic nitrogens is 1. The number of rotatable bonds is 2. The smallest absolute Gasteiger partial charge is 0.317 e. The van der Waals surface area contributed by atoms with Gasteiger partial charge in [-0.1, -0.05) is 30.0 Å². The molecule has 1 aromatic heterocycles. The standard InChI is InChI=1S/C25H19F2N3O2/c1-25(19-10-12-28-13-11-19)16-22(31)30(24(32)29(25)2)23-20(26)14-18(15-21(23)27)9-8-17-6-4-3-5-7-17/h3-7,10-15H,16H2,1-2H3. The SMILES string of the molecule is CN1C(=O)N(c2c(F)cc(C#Cc3ccccc3)cc2F)C(=O)CC1(C)c1ccncc1. The van der Waals surface area contributed by atoms with Gasteiger partial charge in [0, 0.05) is 30.6 Å². The highest BCUT2D eigenvalue weighted by atomic mass is 19.1. The van der Waals surface area contributed by atoms with Crippen LogP contribution in [0.15, 0.2) is 67.0 Å². The summed E-state index contributed by atoms with van der Waals surface area (Å²) in [4.78, 5) is 31.8. The third-order valence-electron chi connectivity index (χ3n) is 5.63. The number of pyridine rings is 1. The second kappa shape index (κ2) is 8.23. The monoisotopic (exact) mass is 431 g/mol. The van der Waals surface area contributed by atoms with Crippen LogP contribution in [-0.2, 0) is 10.3 Å². The third kappa shape index (κ3) is 3.71. The Kier molecular flexibility index (Phi) is 5.45. The van der Waals surface area contributed by atoms with Gasteiger partial charge in [-0.2, -0.15) is 0 Å². The molecule has 1 fully saturated rings. The van der Waals surface area contributed by atoms with Crippen molar-refractivity contribution in [1.29, 1.82) is 0 Å². The van der Waals surface area contributed by atoms with E-state index in [0.717, 1.165) is 12.1 Å². The van der Waals surface area contributed by atoms with Crippen LogP contribution in [0.3, 0.4) is 0 Å². The molecule has 0 aliphatic carbocycles. The van der Waals surface area contributed by atoms with Crippen molar-refractivity contribution in [2.24, 2.45) is 0 Å². The number of halogens is 2. The second-order valence-electron chi connectivity index (χ2n) is 7.66. The molecule has 1 saturated heterocycles. The summed E-state index contributed by atoms with van der Waals surface area (Å²) in [5.41, 5.74) is -0.185. The van der Waals surface area contributed by atoms with Gasteiger partial charge in [-0.3, -0.25) is 9.78 Å². The zero-order valence-corrected chi connectivity index (χ0v) is 17.5. The highest BCUT2D eigenvalue weighted by molar-refractivity contribution is 6.16. The van der Waals surface area contributed by atoms with Gasteiger partial charge in [0.05, 0.1) is 12.0 Å². The molecule has 32 heavy (non-hydrogen) atoms. The number of carbonyl (C=O) groups is 2. The normalized spacial score (nSPS) is 18.4. The fraction of sp³-hybridized carbons (Fsp3) is 0.160. The molecule has 1 atom stereocenters. The van der Waals surface area contributed by atoms with Crippen LogP contribution in [0.2, 0.25) is 0 Å². The first-order valence-electron chi connectivity index (χ1n) is 9.88. The molecular weight excluding hydrogens is 412 g/mol. The Balaban J connectivity index is 1.68. The lowest BCUT2D eigenvalue weighted by Gasteiger charge is -2.45. The predicted octanol–water partition coefficient (Wildman–Crippen LogP) is 4.46. The van der Waals surface area contributed by atoms with Gasteiger partial charge in [0.15, 0.2) is 11.6 Å². The van der Waals surface area contributed by atoms with Crippen molar-refractivity contribution >= 4 is 17.6 Å². The van der Waals surface area contributed by atoms with Gasteiger partial charge in [-0.05, 0) is 48.9 Å². The van der Waals surface area contributed by atoms with E-state index in [1.54, 1.807) is 55.7 Å². The first-order chi connectivity index (χ1) is 15.3. The minimum Gasteiger partial charge on any atom is -0.317 e. The molecule has 0 spiro atoms. The lowest BCUT2D eigenvalue weighted by atomic mass is 9.85. The van der Waals surface area contributed by atoms with E-state index in [1.165, 1.54) is 11.9 Å². The third-order valence-corrected chi connectivity index (χ3v) is 5.63. The maximum Gasteiger partial charge on any atom is 0.332 e. The summed E-state index contributed by atoms with van der Waals surface area (Å²) in [6.07, 6.45) is 2.97. The van der Waals surface area contributed by atoms with E-state index in [-0.39, 0.29) is 12.0 Å². The quantitative estimate of drug-likeness (QED) is 0.563. The van der Waals surface area contributed by atoms with E-state index in [9.17, 15) is 18.4 Å². The van der Waals surface area contributed by atoms with Crippen LogP contribution in [0, 0.1) is 23.5 Å². The number of anilines is 1. The zero-order chi connectivity index (χ0) is 22.9. The molecule has 3 aromatic rings. The number of carbonyl (C=O) groups excluding carboxylic acids is 2. The van der Waals surface area contributed by atoms with Crippen molar-refractivity contribution in [3.05, 3.63) is 95.3 Å². The number of imide groups is 1. The molecule has 4 rings (SSSR count). The first-order valence-corrected chi connectivity index (χ1v) is 9.88. The van der Waals surface area contributed by atoms with Gasteiger partial charge in [0.25, 0.3) is 0 Å². The molecule has 2 aromatic carbocycles. The van der Waals surface area contributed by atoms with Crippen LogP contribution in [-0.4, -0.2) is 28.9 Å². The highest BCUT2D eigenvalue weighted by Crippen LogP contribution is 2.38. The first kappa shape index (κ1) is 21.2. The van der Waals surface area contributed by atoms with Crippen molar-refractivity contribution in [2.45, 2.75) is 18.9 Å². The summed E-state index contributed by atoms with van der Waals surface area (Å²) >= 11 is 0. The van der Waals surface area contributed by atoms with Crippen LogP contribution >= 0.6 is 0 Å². The van der Waals surface area contributed by atoms with Gasteiger partial charge in [0.2, 0.25) is 5.91 Å². The molecule has 2 heterocycles. The van der Waals surface area contributed by atoms with Crippen molar-refractivity contribution in [3.63, 3.8) is 0 Å². The Morgan fingerprint density at radius 3 is 2.16 bits per heavy atom. The van der Waals surface area contributed by atoms with Crippen molar-refractivity contribution in [1.82, 2.24) is 9.88 Å². The minimum absolute atomic E-state index is 0.0967. The number of hydrogen-bond donors (Lipinski definition) is 0. The van der Waals surface area contributed by atoms with Crippen molar-refractivity contribution < 1.29 is 18.4 Å². The number of hydrogen-bond acceptors (Lipinski definition) is 3. The van der Waals surface area contributed by atoms with Crippen molar-refractivity contribution in [2.75, 3.05) is 11.9 Å². The summed E-state index contributed by atoms with van der Waals surface area (Å²) in [6, 6.07) is 13.6. The van der Waals surface area contributed by atoms with E-state index < -0.39 is 34.8 Å². The minimum atomic E-state index is -1.04. The van der Waals surface area contributed by atoms with Crippen molar-refractivity contribution in [3.8, 4) is 11.8 Å². The summed E-state index contributed by atoms with van der Waals surface area (Å²) < 4.78 is 29.9. The lowest BCUT2D eigenvalue weighted by molar-refractivity contribution is -0.122. The molecular formula is C25H19F2N3O2. The molecule has 1 unspecified atom stereocenters. The fourth-order valence-electron chi connectivity index (χ4n) is 3.70. The summed E-state index contributed by atoms with van der Waals surface area (Å²) in [5.74, 6) is 2.75. The molecule has 3 amide bonds. The molecule has 0 radical (unpaired) electrons. The molecule has 0 saturated carbocycles. The largest absolute Gasteiger partial charge is 0.332 e. The molecule has 1 aliphatic heterocycles. The van der Waals surface area contributed by atoms with E-state index >= 15 is 0 Å². The maximum atomic E-state index is 14.9. The summed E-state index contributed by atoms with van der Waals surface area (Å²) in [6.45, 7) is 1.73. The van der Waals surface area contributed by atoms with Crippen LogP contribution in [0.1, 0.15) is 30.0 Å². The average Bonchev–Trinajstić information content (AvgIpc) is 2.79. The Morgan fingerprint density at radius 1 is 0.938 bits per heavy atom. The Bertz CT molecular complexity index is 1230. The summed E-state index contributed by atoms with van der Waals surface area (Å²) in [7, 11) is 1.50. The van der Waals surface area contributed by atoms with Crippen LogP contribution in [0.5, 0.6) is 0 Å². The van der Waals surface area contributed by atoms with E-state index in [4.69, 9.17) is 0 Å². The average molecular weight is 431 g/mol. The molecule has 160 valence electrons. The molecule has 0 bridgehead atoms. The van der Waals surface area contributed by atoms with Crippen LogP contribution in [0.25, 0.3) is 0 Å². The molecule has 7 heteroatoms. The lowest BCUT2D eigenvalue weighted by Crippen LogP contribution is -2.60. The highest BCUT2D eigenvalue weighted by Gasteiger charge is 2.47. The fourth-order valence-corrected chi connectivity index (χ4v) is 3.70. The second-order valence-corrected chi connectivity index (χ2v) is 7.66. The van der Waals surface area contributed by atoms with Crippen LogP contribution < -0.4 is 4.90 Å². The van der Waals surface area contributed by atoms with Gasteiger partial charge in [0.1, 0.15) is 5.69 Å². The molecule has 5 nitrogen and oxygen atoms in total. The number of benzene rings is 2. The zero-order valence-electron chi connectivity index (χ0n) is 17.5. The number of nitrogens with zero attached hydrogens (tertiary/aromatic N) is 3. The van der Waals surface area contributed by atoms with E-state index in [0.29, 0.717) is 16.0 Å². The molecule has 0 N–H and O–H groups in total.